The van der Waals surface area contributed by atoms with Gasteiger partial charge in [0.1, 0.15) is 6.04 Å². The molecule has 1 saturated heterocycles. The van der Waals surface area contributed by atoms with Crippen LogP contribution in [0.2, 0.25) is 0 Å². The maximum Gasteiger partial charge on any atom is 0.224 e. The number of anilines is 2. The fourth-order valence-electron chi connectivity index (χ4n) is 5.12. The number of hydrogen-bond donors (Lipinski definition) is 2. The van der Waals surface area contributed by atoms with Gasteiger partial charge >= 0.3 is 0 Å². The average Bonchev–Trinajstić information content (AvgIpc) is 2.92. The predicted molar refractivity (Wildman–Crippen MR) is 134 cm³/mol. The van der Waals surface area contributed by atoms with Crippen LogP contribution in [0.25, 0.3) is 22.4 Å². The van der Waals surface area contributed by atoms with Crippen LogP contribution in [0.4, 0.5) is 11.8 Å². The smallest absolute Gasteiger partial charge is 0.224 e. The van der Waals surface area contributed by atoms with Crippen molar-refractivity contribution in [1.82, 2.24) is 25.3 Å². The lowest BCUT2D eigenvalue weighted by atomic mass is 9.83. The van der Waals surface area contributed by atoms with Crippen molar-refractivity contribution in [2.45, 2.75) is 38.1 Å². The molecule has 3 heterocycles. The molecular formula is C25H31N7O3. The standard InChI is InChI=1S/C25H31N7O3/c1-34-19-9-8-16(12-20(19)35-2)17-13-28-23-21(29-17)24(31-25(26)30-23)32-11-10-27-14-18(32)22(33)15-6-4-3-5-7-15/h8-9,12-13,15,18,27H,3-7,10-11,14H2,1-2H3,(H2,26,28,30,31). The lowest BCUT2D eigenvalue weighted by molar-refractivity contribution is -0.125. The molecular weight excluding hydrogens is 446 g/mol. The highest BCUT2D eigenvalue weighted by atomic mass is 16.5. The zero-order chi connectivity index (χ0) is 24.4. The van der Waals surface area contributed by atoms with Crippen molar-refractivity contribution in [3.63, 3.8) is 0 Å². The van der Waals surface area contributed by atoms with Crippen molar-refractivity contribution in [2.24, 2.45) is 5.92 Å². The molecule has 1 aromatic carbocycles. The summed E-state index contributed by atoms with van der Waals surface area (Å²) in [4.78, 5) is 33.9. The summed E-state index contributed by atoms with van der Waals surface area (Å²) in [7, 11) is 3.19. The molecule has 184 valence electrons. The number of hydrogen-bond acceptors (Lipinski definition) is 10. The highest BCUT2D eigenvalue weighted by Crippen LogP contribution is 2.34. The van der Waals surface area contributed by atoms with Crippen LogP contribution in [0.1, 0.15) is 32.1 Å². The lowest BCUT2D eigenvalue weighted by Gasteiger charge is -2.38. The van der Waals surface area contributed by atoms with Gasteiger partial charge in [-0.2, -0.15) is 9.97 Å². The zero-order valence-electron chi connectivity index (χ0n) is 20.2. The quantitative estimate of drug-likeness (QED) is 0.547. The van der Waals surface area contributed by atoms with Gasteiger partial charge in [0.15, 0.2) is 34.3 Å². The first kappa shape index (κ1) is 23.2. The number of nitrogens with one attached hydrogen (secondary N) is 1. The van der Waals surface area contributed by atoms with Crippen molar-refractivity contribution >= 4 is 28.7 Å². The Balaban J connectivity index is 1.56. The van der Waals surface area contributed by atoms with Gasteiger partial charge in [0.2, 0.25) is 5.95 Å². The van der Waals surface area contributed by atoms with Gasteiger partial charge in [0, 0.05) is 31.1 Å². The Morgan fingerprint density at radius 3 is 2.66 bits per heavy atom. The Morgan fingerprint density at radius 1 is 1.09 bits per heavy atom. The first-order valence-corrected chi connectivity index (χ1v) is 12.1. The van der Waals surface area contributed by atoms with E-state index in [2.05, 4.69) is 20.3 Å². The van der Waals surface area contributed by atoms with Crippen LogP contribution < -0.4 is 25.4 Å². The van der Waals surface area contributed by atoms with Gasteiger partial charge in [-0.3, -0.25) is 4.79 Å². The molecule has 0 radical (unpaired) electrons. The summed E-state index contributed by atoms with van der Waals surface area (Å²) in [5.74, 6) is 2.26. The number of ketones is 1. The highest BCUT2D eigenvalue weighted by molar-refractivity contribution is 5.93. The molecule has 1 aliphatic carbocycles. The molecule has 1 saturated carbocycles. The molecule has 3 N–H and O–H groups in total. The number of carbonyl (C=O) groups is 1. The number of aromatic nitrogens is 4. The molecule has 0 spiro atoms. The third-order valence-electron chi connectivity index (χ3n) is 6.94. The van der Waals surface area contributed by atoms with E-state index in [-0.39, 0.29) is 23.7 Å². The largest absolute Gasteiger partial charge is 0.493 e. The first-order valence-electron chi connectivity index (χ1n) is 12.1. The van der Waals surface area contributed by atoms with E-state index >= 15 is 0 Å². The molecule has 0 amide bonds. The number of fused-ring (bicyclic) bond motifs is 1. The summed E-state index contributed by atoms with van der Waals surface area (Å²) in [6, 6.07) is 5.26. The molecule has 0 bridgehead atoms. The van der Waals surface area contributed by atoms with Crippen LogP contribution in [0.3, 0.4) is 0 Å². The number of nitrogen functional groups attached to an aromatic ring is 1. The van der Waals surface area contributed by atoms with Crippen molar-refractivity contribution in [1.29, 1.82) is 0 Å². The topological polar surface area (TPSA) is 128 Å². The Kier molecular flexibility index (Phi) is 6.63. The molecule has 2 aromatic heterocycles. The van der Waals surface area contributed by atoms with Gasteiger partial charge in [-0.1, -0.05) is 19.3 Å². The third-order valence-corrected chi connectivity index (χ3v) is 6.94. The molecule has 1 aliphatic heterocycles. The van der Waals surface area contributed by atoms with Gasteiger partial charge < -0.3 is 25.4 Å². The van der Waals surface area contributed by atoms with Crippen molar-refractivity contribution in [3.05, 3.63) is 24.4 Å². The maximum absolute atomic E-state index is 13.6. The molecule has 5 rings (SSSR count). The Hall–Kier alpha value is -3.53. The number of ether oxygens (including phenoxy) is 2. The molecule has 3 aromatic rings. The van der Waals surface area contributed by atoms with Crippen LogP contribution in [0.5, 0.6) is 11.5 Å². The van der Waals surface area contributed by atoms with Gasteiger partial charge in [0.25, 0.3) is 0 Å². The number of nitrogens with zero attached hydrogens (tertiary/aromatic N) is 5. The number of rotatable bonds is 6. The molecule has 1 unspecified atom stereocenters. The van der Waals surface area contributed by atoms with E-state index in [1.165, 1.54) is 6.42 Å². The normalized spacial score (nSPS) is 19.0. The number of benzene rings is 1. The fraction of sp³-hybridized carbons (Fsp3) is 0.480. The van der Waals surface area contributed by atoms with Crippen molar-refractivity contribution in [2.75, 3.05) is 44.5 Å². The van der Waals surface area contributed by atoms with E-state index in [0.29, 0.717) is 47.3 Å². The van der Waals surface area contributed by atoms with Gasteiger partial charge in [-0.15, -0.1) is 0 Å². The summed E-state index contributed by atoms with van der Waals surface area (Å²) >= 11 is 0. The summed E-state index contributed by atoms with van der Waals surface area (Å²) in [5, 5.41) is 3.38. The van der Waals surface area contributed by atoms with E-state index in [1.54, 1.807) is 20.4 Å². The molecule has 1 atom stereocenters. The van der Waals surface area contributed by atoms with Crippen LogP contribution in [-0.2, 0) is 4.79 Å². The van der Waals surface area contributed by atoms with Crippen LogP contribution in [-0.4, -0.2) is 65.6 Å². The number of carbonyl (C=O) groups excluding carboxylic acids is 1. The Labute approximate surface area is 204 Å². The van der Waals surface area contributed by atoms with Crippen molar-refractivity contribution in [3.8, 4) is 22.8 Å². The Morgan fingerprint density at radius 2 is 1.89 bits per heavy atom. The number of nitrogens with two attached hydrogens (primary N) is 1. The zero-order valence-corrected chi connectivity index (χ0v) is 20.2. The van der Waals surface area contributed by atoms with E-state index in [1.807, 2.05) is 23.1 Å². The minimum atomic E-state index is -0.323. The molecule has 10 heteroatoms. The molecule has 35 heavy (non-hydrogen) atoms. The number of Topliss-reactive ketones (excluding diaryl/α,β-unsaturated/α-hetero) is 1. The summed E-state index contributed by atoms with van der Waals surface area (Å²) in [5.41, 5.74) is 8.44. The molecule has 10 nitrogen and oxygen atoms in total. The SMILES string of the molecule is COc1ccc(-c2cnc3nc(N)nc(N4CCNCC4C(=O)C4CCCCC4)c3n2)cc1OC. The predicted octanol–water partition coefficient (Wildman–Crippen LogP) is 2.61. The second-order valence-corrected chi connectivity index (χ2v) is 9.05. The summed E-state index contributed by atoms with van der Waals surface area (Å²) < 4.78 is 10.8. The summed E-state index contributed by atoms with van der Waals surface area (Å²) in [6.07, 6.45) is 7.00. The Bertz CT molecular complexity index is 1230. The van der Waals surface area contributed by atoms with Crippen LogP contribution >= 0.6 is 0 Å². The third kappa shape index (κ3) is 4.58. The number of piperazine rings is 1. The second-order valence-electron chi connectivity index (χ2n) is 9.05. The first-order chi connectivity index (χ1) is 17.1. The lowest BCUT2D eigenvalue weighted by Crippen LogP contribution is -2.57. The molecule has 2 aliphatic rings. The summed E-state index contributed by atoms with van der Waals surface area (Å²) in [6.45, 7) is 1.93. The fourth-order valence-corrected chi connectivity index (χ4v) is 5.12. The number of methoxy groups -OCH3 is 2. The van der Waals surface area contributed by atoms with Gasteiger partial charge in [0.05, 0.1) is 26.1 Å². The van der Waals surface area contributed by atoms with E-state index < -0.39 is 0 Å². The van der Waals surface area contributed by atoms with Gasteiger partial charge in [-0.25, -0.2) is 9.97 Å². The highest BCUT2D eigenvalue weighted by Gasteiger charge is 2.35. The second kappa shape index (κ2) is 9.99. The maximum atomic E-state index is 13.6. The monoisotopic (exact) mass is 477 g/mol. The van der Waals surface area contributed by atoms with Gasteiger partial charge in [-0.05, 0) is 31.0 Å². The van der Waals surface area contributed by atoms with Crippen molar-refractivity contribution < 1.29 is 14.3 Å². The average molecular weight is 478 g/mol. The van der Waals surface area contributed by atoms with E-state index in [9.17, 15) is 4.79 Å². The van der Waals surface area contributed by atoms with E-state index in [0.717, 1.165) is 37.8 Å². The van der Waals surface area contributed by atoms with E-state index in [4.69, 9.17) is 20.2 Å². The minimum absolute atomic E-state index is 0.0926. The van der Waals surface area contributed by atoms with Crippen LogP contribution in [0, 0.1) is 5.92 Å². The molecule has 2 fully saturated rings. The van der Waals surface area contributed by atoms with Crippen LogP contribution in [0.15, 0.2) is 24.4 Å². The minimum Gasteiger partial charge on any atom is -0.493 e.